The van der Waals surface area contributed by atoms with Crippen LogP contribution in [0.15, 0.2) is 54.0 Å². The Morgan fingerprint density at radius 2 is 1.88 bits per heavy atom. The summed E-state index contributed by atoms with van der Waals surface area (Å²) in [6.45, 7) is 5.52. The van der Waals surface area contributed by atoms with Gasteiger partial charge in [-0.05, 0) is 31.3 Å². The second-order valence-corrected chi connectivity index (χ2v) is 5.90. The number of hydrogen-bond donors (Lipinski definition) is 1. The zero-order valence-electron chi connectivity index (χ0n) is 13.6. The molecule has 1 fully saturated rings. The lowest BCUT2D eigenvalue weighted by atomic mass is 10.2. The highest BCUT2D eigenvalue weighted by atomic mass is 32.1. The number of para-hydroxylation sites is 1. The van der Waals surface area contributed by atoms with Crippen LogP contribution in [0.25, 0.3) is 0 Å². The maximum Gasteiger partial charge on any atom is 0.189 e. The fourth-order valence-corrected chi connectivity index (χ4v) is 2.78. The van der Waals surface area contributed by atoms with Crippen LogP contribution >= 0.6 is 12.2 Å². The first-order valence-electron chi connectivity index (χ1n) is 7.89. The van der Waals surface area contributed by atoms with E-state index < -0.39 is 0 Å². The van der Waals surface area contributed by atoms with Gasteiger partial charge in [0.25, 0.3) is 0 Å². The average Bonchev–Trinajstić information content (AvgIpc) is 2.67. The molecule has 0 radical (unpaired) electrons. The number of aromatic nitrogens is 2. The first-order chi connectivity index (χ1) is 11.7. The number of hydrazone groups is 1. The van der Waals surface area contributed by atoms with E-state index in [-0.39, 0.29) is 0 Å². The summed E-state index contributed by atoms with van der Waals surface area (Å²) in [6.07, 6.45) is 4.97. The molecule has 124 valence electrons. The van der Waals surface area contributed by atoms with Crippen LogP contribution in [0.4, 0.5) is 5.69 Å². The second kappa shape index (κ2) is 7.83. The van der Waals surface area contributed by atoms with Crippen LogP contribution in [-0.4, -0.2) is 51.9 Å². The van der Waals surface area contributed by atoms with Gasteiger partial charge in [-0.1, -0.05) is 18.2 Å². The molecule has 1 aromatic carbocycles. The normalized spacial score (nSPS) is 15.3. The van der Waals surface area contributed by atoms with E-state index in [0.717, 1.165) is 37.6 Å². The van der Waals surface area contributed by atoms with Gasteiger partial charge in [0.05, 0.1) is 11.9 Å². The number of hydrogen-bond acceptors (Lipinski definition) is 5. The lowest BCUT2D eigenvalue weighted by Gasteiger charge is -2.37. The summed E-state index contributed by atoms with van der Waals surface area (Å²) in [6, 6.07) is 10.5. The van der Waals surface area contributed by atoms with Crippen molar-refractivity contribution >= 4 is 28.7 Å². The zero-order chi connectivity index (χ0) is 16.8. The van der Waals surface area contributed by atoms with Crippen molar-refractivity contribution in [1.82, 2.24) is 20.3 Å². The highest BCUT2D eigenvalue weighted by Crippen LogP contribution is 2.15. The van der Waals surface area contributed by atoms with E-state index in [1.165, 1.54) is 5.69 Å². The monoisotopic (exact) mass is 340 g/mol. The predicted octanol–water partition coefficient (Wildman–Crippen LogP) is 1.90. The molecule has 24 heavy (non-hydrogen) atoms. The molecule has 2 heterocycles. The minimum atomic E-state index is 0.644. The van der Waals surface area contributed by atoms with Crippen LogP contribution in [0, 0.1) is 0 Å². The van der Waals surface area contributed by atoms with Crippen LogP contribution in [-0.2, 0) is 0 Å². The molecule has 1 aliphatic rings. The number of nitrogens with zero attached hydrogens (tertiary/aromatic N) is 5. The molecule has 1 aromatic heterocycles. The molecule has 0 spiro atoms. The SMILES string of the molecule is CC(=NNC(=S)N1CCN(c2ccccc2)CC1)c1cnccn1. The van der Waals surface area contributed by atoms with E-state index in [1.54, 1.807) is 18.6 Å². The molecule has 6 nitrogen and oxygen atoms in total. The minimum absolute atomic E-state index is 0.644. The average molecular weight is 340 g/mol. The van der Waals surface area contributed by atoms with Gasteiger partial charge in [-0.2, -0.15) is 5.10 Å². The van der Waals surface area contributed by atoms with Crippen LogP contribution in [0.3, 0.4) is 0 Å². The van der Waals surface area contributed by atoms with Crippen molar-refractivity contribution in [3.63, 3.8) is 0 Å². The minimum Gasteiger partial charge on any atom is -0.368 e. The molecule has 7 heteroatoms. The van der Waals surface area contributed by atoms with Gasteiger partial charge in [-0.3, -0.25) is 15.4 Å². The van der Waals surface area contributed by atoms with Crippen LogP contribution in [0.2, 0.25) is 0 Å². The van der Waals surface area contributed by atoms with Crippen molar-refractivity contribution in [3.8, 4) is 0 Å². The maximum atomic E-state index is 5.45. The highest BCUT2D eigenvalue weighted by molar-refractivity contribution is 7.80. The van der Waals surface area contributed by atoms with E-state index in [0.29, 0.717) is 5.11 Å². The summed E-state index contributed by atoms with van der Waals surface area (Å²) >= 11 is 5.45. The van der Waals surface area contributed by atoms with Gasteiger partial charge in [0.2, 0.25) is 0 Å². The van der Waals surface area contributed by atoms with E-state index in [9.17, 15) is 0 Å². The van der Waals surface area contributed by atoms with Gasteiger partial charge in [0.1, 0.15) is 5.69 Å². The van der Waals surface area contributed by atoms with Crippen molar-refractivity contribution in [2.24, 2.45) is 5.10 Å². The third-order valence-corrected chi connectivity index (χ3v) is 4.29. The topological polar surface area (TPSA) is 56.7 Å². The Bertz CT molecular complexity index is 696. The molecule has 1 N–H and O–H groups in total. The summed E-state index contributed by atoms with van der Waals surface area (Å²) in [7, 11) is 0. The molecular weight excluding hydrogens is 320 g/mol. The third kappa shape index (κ3) is 4.05. The number of thiocarbonyl (C=S) groups is 1. The van der Waals surface area contributed by atoms with Gasteiger partial charge >= 0.3 is 0 Å². The number of piperazine rings is 1. The Hall–Kier alpha value is -2.54. The summed E-state index contributed by atoms with van der Waals surface area (Å²) in [5.74, 6) is 0. The Labute approximate surface area is 147 Å². The molecular formula is C17H20N6S. The Balaban J connectivity index is 1.52. The lowest BCUT2D eigenvalue weighted by molar-refractivity contribution is 0.381. The summed E-state index contributed by atoms with van der Waals surface area (Å²) in [5, 5.41) is 4.96. The molecule has 2 aromatic rings. The molecule has 0 unspecified atom stereocenters. The first kappa shape index (κ1) is 16.3. The molecule has 1 saturated heterocycles. The molecule has 0 saturated carbocycles. The quantitative estimate of drug-likeness (QED) is 0.523. The molecule has 3 rings (SSSR count). The fourth-order valence-electron chi connectivity index (χ4n) is 2.55. The van der Waals surface area contributed by atoms with Crippen molar-refractivity contribution in [2.45, 2.75) is 6.92 Å². The Morgan fingerprint density at radius 1 is 1.12 bits per heavy atom. The largest absolute Gasteiger partial charge is 0.368 e. The second-order valence-electron chi connectivity index (χ2n) is 5.51. The predicted molar refractivity (Wildman–Crippen MR) is 100 cm³/mol. The smallest absolute Gasteiger partial charge is 0.189 e. The van der Waals surface area contributed by atoms with Crippen LogP contribution < -0.4 is 10.3 Å². The van der Waals surface area contributed by atoms with Gasteiger partial charge in [-0.25, -0.2) is 0 Å². The third-order valence-electron chi connectivity index (χ3n) is 3.94. The van der Waals surface area contributed by atoms with Crippen molar-refractivity contribution in [1.29, 1.82) is 0 Å². The standard InChI is InChI=1S/C17H20N6S/c1-14(16-13-18-7-8-19-16)20-21-17(24)23-11-9-22(10-12-23)15-5-3-2-4-6-15/h2-8,13H,9-12H2,1H3,(H,21,24). The van der Waals surface area contributed by atoms with Crippen LogP contribution in [0.5, 0.6) is 0 Å². The van der Waals surface area contributed by atoms with E-state index in [4.69, 9.17) is 12.2 Å². The molecule has 1 aliphatic heterocycles. The van der Waals surface area contributed by atoms with Crippen molar-refractivity contribution < 1.29 is 0 Å². The number of nitrogens with one attached hydrogen (secondary N) is 1. The maximum absolute atomic E-state index is 5.45. The van der Waals surface area contributed by atoms with Gasteiger partial charge in [0.15, 0.2) is 5.11 Å². The first-order valence-corrected chi connectivity index (χ1v) is 8.30. The molecule has 0 amide bonds. The summed E-state index contributed by atoms with van der Waals surface area (Å²) in [5.41, 5.74) is 5.72. The Morgan fingerprint density at radius 3 is 2.54 bits per heavy atom. The van der Waals surface area contributed by atoms with Crippen molar-refractivity contribution in [3.05, 3.63) is 54.6 Å². The molecule has 0 atom stereocenters. The Kier molecular flexibility index (Phi) is 5.32. The van der Waals surface area contributed by atoms with Crippen molar-refractivity contribution in [2.75, 3.05) is 31.1 Å². The van der Waals surface area contributed by atoms with Gasteiger partial charge in [0, 0.05) is 44.3 Å². The van der Waals surface area contributed by atoms with E-state index >= 15 is 0 Å². The van der Waals surface area contributed by atoms with E-state index in [2.05, 4.69) is 54.6 Å². The number of benzene rings is 1. The van der Waals surface area contributed by atoms with E-state index in [1.807, 2.05) is 13.0 Å². The fraction of sp³-hybridized carbons (Fsp3) is 0.294. The number of anilines is 1. The number of rotatable bonds is 3. The molecule has 0 bridgehead atoms. The highest BCUT2D eigenvalue weighted by Gasteiger charge is 2.18. The van der Waals surface area contributed by atoms with Gasteiger partial charge in [-0.15, -0.1) is 0 Å². The zero-order valence-corrected chi connectivity index (χ0v) is 14.4. The lowest BCUT2D eigenvalue weighted by Crippen LogP contribution is -2.51. The summed E-state index contributed by atoms with van der Waals surface area (Å²) in [4.78, 5) is 12.8. The molecule has 0 aliphatic carbocycles. The van der Waals surface area contributed by atoms with Crippen LogP contribution in [0.1, 0.15) is 12.6 Å². The van der Waals surface area contributed by atoms with Gasteiger partial charge < -0.3 is 9.80 Å². The summed E-state index contributed by atoms with van der Waals surface area (Å²) < 4.78 is 0.